The lowest BCUT2D eigenvalue weighted by molar-refractivity contribution is -0.157. The lowest BCUT2D eigenvalue weighted by Gasteiger charge is -2.28. The van der Waals surface area contributed by atoms with Crippen LogP contribution in [0.15, 0.2) is 18.2 Å². The molecule has 0 aliphatic carbocycles. The molecule has 6 nitrogen and oxygen atoms in total. The van der Waals surface area contributed by atoms with Crippen molar-refractivity contribution >= 4 is 23.6 Å². The van der Waals surface area contributed by atoms with Gasteiger partial charge in [-0.05, 0) is 30.4 Å². The fraction of sp³-hybridized carbons (Fsp3) is 0.500. The predicted molar refractivity (Wildman–Crippen MR) is 87.3 cm³/mol. The Labute approximate surface area is 139 Å². The second kappa shape index (κ2) is 7.12. The van der Waals surface area contributed by atoms with Crippen LogP contribution in [-0.2, 0) is 16.0 Å². The van der Waals surface area contributed by atoms with Gasteiger partial charge in [0.05, 0.1) is 6.42 Å². The number of thioether (sulfide) groups is 1. The molecule has 7 heteroatoms. The number of fused-ring (bicyclic) bond motifs is 1. The van der Waals surface area contributed by atoms with Crippen molar-refractivity contribution in [2.24, 2.45) is 0 Å². The second-order valence-corrected chi connectivity index (χ2v) is 6.48. The lowest BCUT2D eigenvalue weighted by Crippen LogP contribution is -2.45. The summed E-state index contributed by atoms with van der Waals surface area (Å²) < 4.78 is 10.6. The van der Waals surface area contributed by atoms with E-state index < -0.39 is 0 Å². The Balaban J connectivity index is 1.64. The minimum atomic E-state index is -0.0566. The third-order valence-electron chi connectivity index (χ3n) is 3.92. The molecule has 0 unspecified atom stereocenters. The fourth-order valence-corrected chi connectivity index (χ4v) is 3.14. The van der Waals surface area contributed by atoms with E-state index in [0.717, 1.165) is 17.7 Å². The van der Waals surface area contributed by atoms with Gasteiger partial charge in [-0.3, -0.25) is 19.6 Å². The van der Waals surface area contributed by atoms with Crippen molar-refractivity contribution in [3.63, 3.8) is 0 Å². The quantitative estimate of drug-likeness (QED) is 0.819. The molecule has 0 aromatic heterocycles. The highest BCUT2D eigenvalue weighted by Gasteiger charge is 2.30. The Bertz CT molecular complexity index is 608. The molecule has 0 N–H and O–H groups in total. The Kier molecular flexibility index (Phi) is 4.95. The van der Waals surface area contributed by atoms with Crippen LogP contribution in [0.3, 0.4) is 0 Å². The van der Waals surface area contributed by atoms with E-state index in [9.17, 15) is 9.59 Å². The van der Waals surface area contributed by atoms with E-state index in [4.69, 9.17) is 9.47 Å². The maximum atomic E-state index is 12.6. The van der Waals surface area contributed by atoms with E-state index in [0.29, 0.717) is 31.0 Å². The normalized spacial score (nSPS) is 16.0. The molecule has 2 heterocycles. The van der Waals surface area contributed by atoms with Gasteiger partial charge in [0.15, 0.2) is 11.5 Å². The maximum Gasteiger partial charge on any atom is 0.245 e. The summed E-state index contributed by atoms with van der Waals surface area (Å²) >= 11 is 1.64. The molecule has 1 saturated heterocycles. The molecule has 3 rings (SSSR count). The molecule has 1 fully saturated rings. The van der Waals surface area contributed by atoms with Gasteiger partial charge < -0.3 is 9.47 Å². The van der Waals surface area contributed by atoms with Crippen LogP contribution in [0.25, 0.3) is 0 Å². The van der Waals surface area contributed by atoms with Crippen LogP contribution in [0.4, 0.5) is 0 Å². The molecular weight excluding hydrogens is 316 g/mol. The number of hydrazine groups is 1. The van der Waals surface area contributed by atoms with Gasteiger partial charge >= 0.3 is 0 Å². The molecular formula is C16H20N2O4S. The fourth-order valence-electron chi connectivity index (χ4n) is 2.77. The number of hydrogen-bond donors (Lipinski definition) is 0. The zero-order valence-electron chi connectivity index (χ0n) is 13.1. The van der Waals surface area contributed by atoms with Crippen molar-refractivity contribution in [1.82, 2.24) is 10.0 Å². The number of benzene rings is 1. The minimum Gasteiger partial charge on any atom is -0.454 e. The van der Waals surface area contributed by atoms with E-state index >= 15 is 0 Å². The summed E-state index contributed by atoms with van der Waals surface area (Å²) in [4.78, 5) is 24.8. The zero-order chi connectivity index (χ0) is 16.2. The number of carbonyl (C=O) groups is 2. The highest BCUT2D eigenvalue weighted by atomic mass is 32.2. The van der Waals surface area contributed by atoms with Crippen molar-refractivity contribution in [2.45, 2.75) is 19.3 Å². The summed E-state index contributed by atoms with van der Waals surface area (Å²) in [6.07, 6.45) is 3.52. The first kappa shape index (κ1) is 16.0. The van der Waals surface area contributed by atoms with Gasteiger partial charge in [-0.15, -0.1) is 0 Å². The summed E-state index contributed by atoms with van der Waals surface area (Å²) in [6.45, 7) is 1.45. The Morgan fingerprint density at radius 2 is 1.87 bits per heavy atom. The summed E-state index contributed by atoms with van der Waals surface area (Å²) in [7, 11) is 0. The average molecular weight is 336 g/mol. The highest BCUT2D eigenvalue weighted by Crippen LogP contribution is 2.32. The van der Waals surface area contributed by atoms with Crippen LogP contribution in [0, 0.1) is 0 Å². The third-order valence-corrected chi connectivity index (χ3v) is 4.53. The standard InChI is InChI=1S/C16H20N2O4S/c1-23-8-5-15(19)17-6-2-7-18(17)16(20)10-12-3-4-13-14(9-12)22-11-21-13/h3-4,9H,2,5-8,10-11H2,1H3. The lowest BCUT2D eigenvalue weighted by atomic mass is 10.1. The molecule has 0 spiro atoms. The molecule has 2 aliphatic heterocycles. The Morgan fingerprint density at radius 1 is 1.13 bits per heavy atom. The summed E-state index contributed by atoms with van der Waals surface area (Å²) in [6, 6.07) is 5.51. The number of ether oxygens (including phenoxy) is 2. The number of amides is 2. The topological polar surface area (TPSA) is 59.1 Å². The van der Waals surface area contributed by atoms with Crippen LogP contribution >= 0.6 is 11.8 Å². The molecule has 2 aliphatic rings. The molecule has 2 amide bonds. The van der Waals surface area contributed by atoms with E-state index in [1.165, 1.54) is 0 Å². The molecule has 0 atom stereocenters. The van der Waals surface area contributed by atoms with Crippen molar-refractivity contribution in [1.29, 1.82) is 0 Å². The monoisotopic (exact) mass is 336 g/mol. The van der Waals surface area contributed by atoms with Gasteiger partial charge in [-0.2, -0.15) is 11.8 Å². The smallest absolute Gasteiger partial charge is 0.245 e. The van der Waals surface area contributed by atoms with Crippen LogP contribution < -0.4 is 9.47 Å². The van der Waals surface area contributed by atoms with Gasteiger partial charge in [0.25, 0.3) is 0 Å². The van der Waals surface area contributed by atoms with Crippen molar-refractivity contribution in [3.05, 3.63) is 23.8 Å². The van der Waals surface area contributed by atoms with Gasteiger partial charge in [0.1, 0.15) is 0 Å². The molecule has 1 aromatic rings. The van der Waals surface area contributed by atoms with Crippen LogP contribution in [-0.4, -0.2) is 53.7 Å². The molecule has 0 radical (unpaired) electrons. The number of rotatable bonds is 5. The van der Waals surface area contributed by atoms with Crippen LogP contribution in [0.2, 0.25) is 0 Å². The van der Waals surface area contributed by atoms with Crippen molar-refractivity contribution in [2.75, 3.05) is 31.9 Å². The summed E-state index contributed by atoms with van der Waals surface area (Å²) in [5.74, 6) is 2.12. The first-order valence-electron chi connectivity index (χ1n) is 7.67. The van der Waals surface area contributed by atoms with E-state index in [-0.39, 0.29) is 25.0 Å². The molecule has 124 valence electrons. The van der Waals surface area contributed by atoms with Crippen LogP contribution in [0.5, 0.6) is 11.5 Å². The zero-order valence-corrected chi connectivity index (χ0v) is 13.9. The highest BCUT2D eigenvalue weighted by molar-refractivity contribution is 7.98. The van der Waals surface area contributed by atoms with Gasteiger partial charge in [-0.25, -0.2) is 0 Å². The largest absolute Gasteiger partial charge is 0.454 e. The van der Waals surface area contributed by atoms with Gasteiger partial charge in [0.2, 0.25) is 18.6 Å². The predicted octanol–water partition coefficient (Wildman–Crippen LogP) is 1.69. The molecule has 1 aromatic carbocycles. The van der Waals surface area contributed by atoms with Crippen molar-refractivity contribution in [3.8, 4) is 11.5 Å². The average Bonchev–Trinajstić information content (AvgIpc) is 3.20. The Morgan fingerprint density at radius 3 is 2.65 bits per heavy atom. The molecule has 0 bridgehead atoms. The maximum absolute atomic E-state index is 12.6. The van der Waals surface area contributed by atoms with Gasteiger partial charge in [0, 0.05) is 25.3 Å². The minimum absolute atomic E-state index is 0.0240. The number of carbonyl (C=O) groups excluding carboxylic acids is 2. The summed E-state index contributed by atoms with van der Waals surface area (Å²) in [5, 5.41) is 3.19. The van der Waals surface area contributed by atoms with E-state index in [1.54, 1.807) is 21.8 Å². The Hall–Kier alpha value is -1.89. The second-order valence-electron chi connectivity index (χ2n) is 5.49. The number of nitrogens with zero attached hydrogens (tertiary/aromatic N) is 2. The van der Waals surface area contributed by atoms with E-state index in [2.05, 4.69) is 0 Å². The third kappa shape index (κ3) is 3.55. The molecule has 0 saturated carbocycles. The van der Waals surface area contributed by atoms with Gasteiger partial charge in [-0.1, -0.05) is 6.07 Å². The number of hydrogen-bond acceptors (Lipinski definition) is 5. The summed E-state index contributed by atoms with van der Waals surface area (Å²) in [5.41, 5.74) is 0.864. The first-order chi connectivity index (χ1) is 11.2. The van der Waals surface area contributed by atoms with E-state index in [1.807, 2.05) is 24.5 Å². The van der Waals surface area contributed by atoms with Crippen molar-refractivity contribution < 1.29 is 19.1 Å². The van der Waals surface area contributed by atoms with Crippen LogP contribution in [0.1, 0.15) is 18.4 Å². The SMILES string of the molecule is CSCCC(=O)N1CCCN1C(=O)Cc1ccc2c(c1)OCO2. The first-order valence-corrected chi connectivity index (χ1v) is 9.06. The molecule has 23 heavy (non-hydrogen) atoms.